The van der Waals surface area contributed by atoms with E-state index in [1.807, 2.05) is 0 Å². The summed E-state index contributed by atoms with van der Waals surface area (Å²) in [7, 11) is 1.67. The number of nitrogens with one attached hydrogen (secondary N) is 2. The molecule has 82 valence electrons. The molecule has 15 heavy (non-hydrogen) atoms. The van der Waals surface area contributed by atoms with Crippen molar-refractivity contribution in [2.45, 2.75) is 0 Å². The van der Waals surface area contributed by atoms with Crippen LogP contribution in [0.1, 0.15) is 0 Å². The summed E-state index contributed by atoms with van der Waals surface area (Å²) >= 11 is 0. The SMILES string of the molecule is CNc1ccc([N+](=O)[O-])c(NCCO)n1. The van der Waals surface area contributed by atoms with Crippen LogP contribution in [0.3, 0.4) is 0 Å². The van der Waals surface area contributed by atoms with Crippen LogP contribution < -0.4 is 10.6 Å². The molecule has 0 bridgehead atoms. The lowest BCUT2D eigenvalue weighted by molar-refractivity contribution is -0.384. The summed E-state index contributed by atoms with van der Waals surface area (Å²) in [6.07, 6.45) is 0. The Bertz CT molecular complexity index is 356. The minimum atomic E-state index is -0.522. The monoisotopic (exact) mass is 212 g/mol. The normalized spacial score (nSPS) is 9.73. The van der Waals surface area contributed by atoms with E-state index >= 15 is 0 Å². The van der Waals surface area contributed by atoms with Gasteiger partial charge in [0.25, 0.3) is 0 Å². The highest BCUT2D eigenvalue weighted by Crippen LogP contribution is 2.23. The maximum Gasteiger partial charge on any atom is 0.311 e. The van der Waals surface area contributed by atoms with Crippen molar-refractivity contribution in [1.82, 2.24) is 4.98 Å². The summed E-state index contributed by atoms with van der Waals surface area (Å²) in [6, 6.07) is 2.88. The highest BCUT2D eigenvalue weighted by Gasteiger charge is 2.14. The van der Waals surface area contributed by atoms with Crippen molar-refractivity contribution in [1.29, 1.82) is 0 Å². The highest BCUT2D eigenvalue weighted by atomic mass is 16.6. The molecule has 0 atom stereocenters. The summed E-state index contributed by atoms with van der Waals surface area (Å²) < 4.78 is 0. The average molecular weight is 212 g/mol. The molecule has 7 nitrogen and oxygen atoms in total. The molecule has 1 aromatic rings. The van der Waals surface area contributed by atoms with E-state index in [1.54, 1.807) is 7.05 Å². The lowest BCUT2D eigenvalue weighted by Gasteiger charge is -2.06. The molecule has 0 spiro atoms. The zero-order chi connectivity index (χ0) is 11.3. The largest absolute Gasteiger partial charge is 0.395 e. The molecule has 3 N–H and O–H groups in total. The fourth-order valence-electron chi connectivity index (χ4n) is 1.04. The van der Waals surface area contributed by atoms with Crippen LogP contribution in [-0.4, -0.2) is 35.2 Å². The fourth-order valence-corrected chi connectivity index (χ4v) is 1.04. The van der Waals surface area contributed by atoms with Crippen LogP contribution in [0, 0.1) is 10.1 Å². The number of nitrogens with zero attached hydrogens (tertiary/aromatic N) is 2. The Balaban J connectivity index is 2.99. The van der Waals surface area contributed by atoms with Gasteiger partial charge in [-0.3, -0.25) is 10.1 Å². The molecule has 0 saturated carbocycles. The van der Waals surface area contributed by atoms with Gasteiger partial charge in [0.05, 0.1) is 11.5 Å². The number of aliphatic hydroxyl groups is 1. The van der Waals surface area contributed by atoms with Gasteiger partial charge >= 0.3 is 5.69 Å². The lowest BCUT2D eigenvalue weighted by atomic mass is 10.3. The zero-order valence-electron chi connectivity index (χ0n) is 8.23. The van der Waals surface area contributed by atoms with Crippen LogP contribution in [-0.2, 0) is 0 Å². The Kier molecular flexibility index (Phi) is 3.81. The van der Waals surface area contributed by atoms with E-state index in [0.717, 1.165) is 0 Å². The summed E-state index contributed by atoms with van der Waals surface area (Å²) in [5.74, 6) is 0.682. The number of pyridine rings is 1. The number of anilines is 2. The van der Waals surface area contributed by atoms with Gasteiger partial charge in [-0.25, -0.2) is 4.98 Å². The van der Waals surface area contributed by atoms with Crippen molar-refractivity contribution in [3.05, 3.63) is 22.2 Å². The molecule has 7 heteroatoms. The first kappa shape index (κ1) is 11.2. The third kappa shape index (κ3) is 2.78. The third-order valence-electron chi connectivity index (χ3n) is 1.73. The minimum Gasteiger partial charge on any atom is -0.395 e. The van der Waals surface area contributed by atoms with Gasteiger partial charge < -0.3 is 15.7 Å². The predicted molar refractivity (Wildman–Crippen MR) is 56.0 cm³/mol. The van der Waals surface area contributed by atoms with Gasteiger partial charge in [0, 0.05) is 19.7 Å². The van der Waals surface area contributed by atoms with E-state index in [4.69, 9.17) is 5.11 Å². The number of rotatable bonds is 5. The molecule has 0 fully saturated rings. The van der Waals surface area contributed by atoms with Crippen molar-refractivity contribution < 1.29 is 10.0 Å². The third-order valence-corrected chi connectivity index (χ3v) is 1.73. The lowest BCUT2D eigenvalue weighted by Crippen LogP contribution is -2.10. The van der Waals surface area contributed by atoms with E-state index in [2.05, 4.69) is 15.6 Å². The van der Waals surface area contributed by atoms with Gasteiger partial charge in [0.15, 0.2) is 0 Å². The first-order chi connectivity index (χ1) is 7.19. The molecule has 1 heterocycles. The fraction of sp³-hybridized carbons (Fsp3) is 0.375. The summed E-state index contributed by atoms with van der Waals surface area (Å²) in [5, 5.41) is 24.7. The van der Waals surface area contributed by atoms with Crippen molar-refractivity contribution in [2.75, 3.05) is 30.8 Å². The van der Waals surface area contributed by atoms with Crippen molar-refractivity contribution in [2.24, 2.45) is 0 Å². The summed E-state index contributed by atoms with van der Waals surface area (Å²) in [6.45, 7) is 0.115. The molecule has 0 aromatic carbocycles. The molecule has 0 amide bonds. The Labute approximate surface area is 86.3 Å². The molecule has 0 aliphatic rings. The van der Waals surface area contributed by atoms with Gasteiger partial charge in [-0.2, -0.15) is 0 Å². The minimum absolute atomic E-state index is 0.109. The quantitative estimate of drug-likeness (QED) is 0.483. The smallest absolute Gasteiger partial charge is 0.311 e. The molecule has 1 rings (SSSR count). The predicted octanol–water partition coefficient (Wildman–Crippen LogP) is 0.436. The standard InChI is InChI=1S/C8H12N4O3/c1-9-7-3-2-6(12(14)15)8(11-7)10-4-5-13/h2-3,13H,4-5H2,1H3,(H2,9,10,11). The van der Waals surface area contributed by atoms with E-state index in [0.29, 0.717) is 5.82 Å². The molecule has 0 unspecified atom stereocenters. The van der Waals surface area contributed by atoms with Crippen LogP contribution in [0.2, 0.25) is 0 Å². The van der Waals surface area contributed by atoms with Crippen molar-refractivity contribution in [3.8, 4) is 0 Å². The van der Waals surface area contributed by atoms with Crippen LogP contribution in [0.25, 0.3) is 0 Å². The zero-order valence-corrected chi connectivity index (χ0v) is 8.23. The number of nitro groups is 1. The Morgan fingerprint density at radius 1 is 1.60 bits per heavy atom. The summed E-state index contributed by atoms with van der Waals surface area (Å²) in [5.41, 5.74) is -0.109. The molecule has 1 aromatic heterocycles. The molecule has 0 saturated heterocycles. The van der Waals surface area contributed by atoms with Crippen LogP contribution in [0.4, 0.5) is 17.3 Å². The maximum atomic E-state index is 10.6. The second kappa shape index (κ2) is 5.11. The Morgan fingerprint density at radius 3 is 2.87 bits per heavy atom. The van der Waals surface area contributed by atoms with Crippen molar-refractivity contribution in [3.63, 3.8) is 0 Å². The van der Waals surface area contributed by atoms with Gasteiger partial charge in [0.2, 0.25) is 5.82 Å². The number of aromatic nitrogens is 1. The Morgan fingerprint density at radius 2 is 2.33 bits per heavy atom. The number of hydrogen-bond acceptors (Lipinski definition) is 6. The maximum absolute atomic E-state index is 10.6. The second-order valence-corrected chi connectivity index (χ2v) is 2.72. The molecule has 0 aliphatic carbocycles. The van der Waals surface area contributed by atoms with Crippen LogP contribution >= 0.6 is 0 Å². The van der Waals surface area contributed by atoms with Crippen molar-refractivity contribution >= 4 is 17.3 Å². The van der Waals surface area contributed by atoms with E-state index in [9.17, 15) is 10.1 Å². The average Bonchev–Trinajstić information content (AvgIpc) is 2.25. The molecular weight excluding hydrogens is 200 g/mol. The molecular formula is C8H12N4O3. The number of hydrogen-bond donors (Lipinski definition) is 3. The second-order valence-electron chi connectivity index (χ2n) is 2.72. The van der Waals surface area contributed by atoms with E-state index < -0.39 is 4.92 Å². The first-order valence-corrected chi connectivity index (χ1v) is 4.37. The molecule has 0 radical (unpaired) electrons. The van der Waals surface area contributed by atoms with Crippen LogP contribution in [0.15, 0.2) is 12.1 Å². The van der Waals surface area contributed by atoms with Gasteiger partial charge in [-0.05, 0) is 6.07 Å². The van der Waals surface area contributed by atoms with E-state index in [1.165, 1.54) is 12.1 Å². The highest BCUT2D eigenvalue weighted by molar-refractivity contribution is 5.60. The molecule has 0 aliphatic heterocycles. The number of aliphatic hydroxyl groups excluding tert-OH is 1. The van der Waals surface area contributed by atoms with Gasteiger partial charge in [0.1, 0.15) is 5.82 Å². The van der Waals surface area contributed by atoms with E-state index in [-0.39, 0.29) is 24.7 Å². The van der Waals surface area contributed by atoms with Gasteiger partial charge in [-0.15, -0.1) is 0 Å². The van der Waals surface area contributed by atoms with Crippen LogP contribution in [0.5, 0.6) is 0 Å². The Hall–Kier alpha value is -1.89. The summed E-state index contributed by atoms with van der Waals surface area (Å²) in [4.78, 5) is 14.1. The topological polar surface area (TPSA) is 100 Å². The first-order valence-electron chi connectivity index (χ1n) is 4.37. The van der Waals surface area contributed by atoms with Gasteiger partial charge in [-0.1, -0.05) is 0 Å².